The average Bonchev–Trinajstić information content (AvgIpc) is 3.20. The van der Waals surface area contributed by atoms with Crippen molar-refractivity contribution in [1.82, 2.24) is 0 Å². The highest BCUT2D eigenvalue weighted by molar-refractivity contribution is 7.95. The van der Waals surface area contributed by atoms with Crippen LogP contribution in [-0.2, 0) is 16.6 Å². The fraction of sp³-hybridized carbons (Fsp3) is 0.0769. The highest BCUT2D eigenvalue weighted by atomic mass is 32.2. The first-order chi connectivity index (χ1) is 26.8. The average molecular weight is 834 g/mol. The summed E-state index contributed by atoms with van der Waals surface area (Å²) in [7, 11) is 0.186. The topological polar surface area (TPSA) is 20.2 Å². The lowest BCUT2D eigenvalue weighted by Gasteiger charge is -2.44. The summed E-state index contributed by atoms with van der Waals surface area (Å²) in [5.74, 6) is -44.1. The molecule has 0 aliphatic rings. The maximum atomic E-state index is 15.3. The van der Waals surface area contributed by atoms with Crippen molar-refractivity contribution in [1.29, 1.82) is 0 Å². The molecule has 0 amide bonds. The number of phenols is 1. The van der Waals surface area contributed by atoms with E-state index in [1.54, 1.807) is 12.1 Å². The molecule has 0 aliphatic carbocycles. The third-order valence-electron chi connectivity index (χ3n) is 9.20. The maximum Gasteiger partial charge on any atom is 0.200 e. The van der Waals surface area contributed by atoms with Crippen LogP contribution in [-0.4, -0.2) is 17.5 Å². The number of rotatable bonds is 7. The van der Waals surface area contributed by atoms with Crippen LogP contribution < -0.4 is 21.9 Å². The Morgan fingerprint density at radius 2 is 0.737 bits per heavy atom. The number of hydrogen-bond donors (Lipinski definition) is 1. The first-order valence-electron chi connectivity index (χ1n) is 16.0. The molecule has 6 aromatic carbocycles. The number of halogens is 15. The first kappa shape index (κ1) is 42.6. The van der Waals surface area contributed by atoms with Crippen LogP contribution >= 0.6 is 0 Å². The molecule has 6 aromatic rings. The van der Waals surface area contributed by atoms with E-state index in [-0.39, 0.29) is 10.9 Å². The molecule has 0 aromatic heterocycles. The molecule has 298 valence electrons. The van der Waals surface area contributed by atoms with Crippen LogP contribution in [0.25, 0.3) is 0 Å². The zero-order valence-electron chi connectivity index (χ0n) is 28.8. The Kier molecular flexibility index (Phi) is 12.4. The van der Waals surface area contributed by atoms with E-state index in [1.165, 1.54) is 16.0 Å². The summed E-state index contributed by atoms with van der Waals surface area (Å²) in [5.41, 5.74) is -6.65. The molecule has 1 N–H and O–H groups in total. The second-order valence-corrected chi connectivity index (χ2v) is 14.5. The van der Waals surface area contributed by atoms with Gasteiger partial charge in [0.15, 0.2) is 57.3 Å². The Hall–Kier alpha value is -5.52. The lowest BCUT2D eigenvalue weighted by atomic mass is 9.12. The number of phenolic OH excluding ortho intramolecular Hbond substituents is 1. The Bertz CT molecular complexity index is 2240. The summed E-state index contributed by atoms with van der Waals surface area (Å²) in [6.45, 7) is 2.16. The first-order valence-corrected chi connectivity index (χ1v) is 17.8. The highest BCUT2D eigenvalue weighted by Crippen LogP contribution is 2.28. The van der Waals surface area contributed by atoms with Gasteiger partial charge in [-0.3, -0.25) is 0 Å². The van der Waals surface area contributed by atoms with Gasteiger partial charge in [-0.1, -0.05) is 54.6 Å². The minimum atomic E-state index is -5.72. The van der Waals surface area contributed by atoms with Gasteiger partial charge >= 0.3 is 0 Å². The standard InChI is InChI=1S/C24H5BF15.C15H16OS/c26-10-7(11(27)17(33)22(38)16(10)32)25(6-4-2-1-3-5-6,8-12(28)18(34)23(39)19(35)13(8)29)9-14(30)20(36)24(40)21(37)15(9)31;1-12-5-3-4-6-13(12)11-17(2)15-9-7-14(16)8-10-15/h1-5H;3-10H,11H2,1-2H3/q-1;/p+1. The van der Waals surface area contributed by atoms with Crippen LogP contribution in [0.1, 0.15) is 11.1 Å². The van der Waals surface area contributed by atoms with Gasteiger partial charge in [-0.2, -0.15) is 5.46 Å². The molecule has 0 saturated heterocycles. The third kappa shape index (κ3) is 7.30. The maximum absolute atomic E-state index is 15.3. The van der Waals surface area contributed by atoms with Gasteiger partial charge in [0.1, 0.15) is 58.8 Å². The molecular weight excluding hydrogens is 812 g/mol. The Morgan fingerprint density at radius 3 is 1.09 bits per heavy atom. The summed E-state index contributed by atoms with van der Waals surface area (Å²) >= 11 is 0. The monoisotopic (exact) mass is 834 g/mol. The number of aryl methyl sites for hydroxylation is 1. The van der Waals surface area contributed by atoms with E-state index < -0.39 is 115 Å². The third-order valence-corrected chi connectivity index (χ3v) is 11.0. The number of benzene rings is 6. The summed E-state index contributed by atoms with van der Waals surface area (Å²) in [6.07, 6.45) is -3.47. The number of aromatic hydroxyl groups is 1. The van der Waals surface area contributed by atoms with Crippen molar-refractivity contribution < 1.29 is 71.0 Å². The van der Waals surface area contributed by atoms with E-state index in [0.717, 1.165) is 24.0 Å². The van der Waals surface area contributed by atoms with Crippen molar-refractivity contribution in [2.75, 3.05) is 6.26 Å². The minimum absolute atomic E-state index is 0.186. The van der Waals surface area contributed by atoms with Crippen LogP contribution in [0.3, 0.4) is 0 Å². The molecule has 0 spiro atoms. The van der Waals surface area contributed by atoms with Gasteiger partial charge in [-0.15, -0.1) is 16.4 Å². The van der Waals surface area contributed by atoms with E-state index in [9.17, 15) is 44.6 Å². The van der Waals surface area contributed by atoms with Gasteiger partial charge in [0.25, 0.3) is 0 Å². The largest absolute Gasteiger partial charge is 0.508 e. The predicted molar refractivity (Wildman–Crippen MR) is 184 cm³/mol. The smallest absolute Gasteiger partial charge is 0.200 e. The van der Waals surface area contributed by atoms with Gasteiger partial charge in [0.2, 0.25) is 0 Å². The molecule has 1 atom stereocenters. The van der Waals surface area contributed by atoms with Crippen LogP contribution in [0.15, 0.2) is 83.8 Å². The molecule has 57 heavy (non-hydrogen) atoms. The Balaban J connectivity index is 0.000000303. The van der Waals surface area contributed by atoms with Gasteiger partial charge in [0.05, 0.1) is 0 Å². The lowest BCUT2D eigenvalue weighted by Crippen LogP contribution is -2.79. The number of hydrogen-bond acceptors (Lipinski definition) is 1. The van der Waals surface area contributed by atoms with Crippen molar-refractivity contribution >= 4 is 38.9 Å². The second kappa shape index (κ2) is 16.5. The van der Waals surface area contributed by atoms with Gasteiger partial charge in [0, 0.05) is 16.5 Å². The SMILES string of the molecule is Cc1ccccc1C[S+](C)c1ccc(O)cc1.Fc1c(F)c(F)c([B-](c2ccccc2)(c2c(F)c(F)c(F)c(F)c2F)c2c(F)c(F)c(F)c(F)c2F)c(F)c1F. The minimum Gasteiger partial charge on any atom is -0.508 e. The summed E-state index contributed by atoms with van der Waals surface area (Å²) in [6, 6.07) is 19.3. The van der Waals surface area contributed by atoms with Crippen LogP contribution in [0.4, 0.5) is 65.9 Å². The molecule has 6 rings (SSSR count). The Morgan fingerprint density at radius 1 is 0.421 bits per heavy atom. The van der Waals surface area contributed by atoms with Crippen molar-refractivity contribution in [3.05, 3.63) is 177 Å². The lowest BCUT2D eigenvalue weighted by molar-refractivity contribution is 0.380. The fourth-order valence-electron chi connectivity index (χ4n) is 6.45. The normalized spacial score (nSPS) is 12.0. The van der Waals surface area contributed by atoms with E-state index >= 15 is 26.3 Å². The van der Waals surface area contributed by atoms with Gasteiger partial charge in [-0.25, -0.2) is 65.9 Å². The molecule has 18 heteroatoms. The second-order valence-electron chi connectivity index (χ2n) is 12.4. The summed E-state index contributed by atoms with van der Waals surface area (Å²) in [5, 5.41) is 9.28. The van der Waals surface area contributed by atoms with Crippen molar-refractivity contribution in [3.8, 4) is 5.75 Å². The Labute approximate surface area is 316 Å². The summed E-state index contributed by atoms with van der Waals surface area (Å²) in [4.78, 5) is 1.30. The molecule has 0 saturated carbocycles. The predicted octanol–water partition coefficient (Wildman–Crippen LogP) is 8.66. The quantitative estimate of drug-likeness (QED) is 0.0562. The molecule has 0 bridgehead atoms. The molecule has 1 unspecified atom stereocenters. The van der Waals surface area contributed by atoms with E-state index in [0.29, 0.717) is 17.9 Å². The molecule has 0 radical (unpaired) electrons. The van der Waals surface area contributed by atoms with E-state index in [2.05, 4.69) is 37.4 Å². The van der Waals surface area contributed by atoms with Crippen LogP contribution in [0.5, 0.6) is 5.75 Å². The molecular formula is C39H22BF15OS. The van der Waals surface area contributed by atoms with Crippen molar-refractivity contribution in [3.63, 3.8) is 0 Å². The zero-order chi connectivity index (χ0) is 42.3. The zero-order valence-corrected chi connectivity index (χ0v) is 29.6. The van der Waals surface area contributed by atoms with Crippen molar-refractivity contribution in [2.45, 2.75) is 17.6 Å². The van der Waals surface area contributed by atoms with Crippen LogP contribution in [0.2, 0.25) is 0 Å². The molecule has 0 aliphatic heterocycles. The highest BCUT2D eigenvalue weighted by Gasteiger charge is 2.48. The molecule has 0 heterocycles. The summed E-state index contributed by atoms with van der Waals surface area (Å²) < 4.78 is 220. The van der Waals surface area contributed by atoms with E-state index in [1.807, 2.05) is 12.1 Å². The van der Waals surface area contributed by atoms with Gasteiger partial charge in [-0.05, 0) is 36.8 Å². The fourth-order valence-corrected chi connectivity index (χ4v) is 8.01. The van der Waals surface area contributed by atoms with E-state index in [4.69, 9.17) is 0 Å². The van der Waals surface area contributed by atoms with Crippen LogP contribution in [0, 0.1) is 94.2 Å². The molecule has 0 fully saturated rings. The van der Waals surface area contributed by atoms with Gasteiger partial charge < -0.3 is 5.11 Å². The molecule has 1 nitrogen and oxygen atoms in total. The van der Waals surface area contributed by atoms with Crippen molar-refractivity contribution in [2.24, 2.45) is 0 Å².